The van der Waals surface area contributed by atoms with E-state index in [1.807, 2.05) is 13.8 Å². The molecule has 0 bridgehead atoms. The van der Waals surface area contributed by atoms with Crippen molar-refractivity contribution >= 4 is 40.7 Å². The van der Waals surface area contributed by atoms with Gasteiger partial charge in [-0.1, -0.05) is 44.2 Å². The number of furan rings is 1. The van der Waals surface area contributed by atoms with Crippen LogP contribution < -0.4 is 16.4 Å². The van der Waals surface area contributed by atoms with Crippen LogP contribution in [-0.2, 0) is 9.59 Å². The number of non-ortho nitro benzene ring substituents is 1. The minimum atomic E-state index is -0.739. The lowest BCUT2D eigenvalue weighted by molar-refractivity contribution is -0.384. The van der Waals surface area contributed by atoms with Gasteiger partial charge in [0.25, 0.3) is 5.69 Å². The molecular weight excluding hydrogens is 536 g/mol. The molecule has 10 nitrogen and oxygen atoms in total. The van der Waals surface area contributed by atoms with E-state index in [1.54, 1.807) is 66.7 Å². The monoisotopic (exact) mass is 566 g/mol. The van der Waals surface area contributed by atoms with E-state index in [1.165, 1.54) is 30.4 Å². The number of amides is 2. The van der Waals surface area contributed by atoms with Crippen LogP contribution in [0.15, 0.2) is 95.4 Å². The summed E-state index contributed by atoms with van der Waals surface area (Å²) in [5.41, 5.74) is 7.92. The average Bonchev–Trinajstić information content (AvgIpc) is 3.46. The summed E-state index contributed by atoms with van der Waals surface area (Å²) in [5.74, 6) is -0.107. The Hall–Kier alpha value is -5.35. The fourth-order valence-electron chi connectivity index (χ4n) is 4.19. The molecule has 4 N–H and O–H groups in total. The SMILES string of the molecule is CC(C)C[C@@H](N)C(=O)Nc1ccc(NC(=O)/C=C/c2ccc(-c3ccc([N+](=O)[O-])cc3)o2)cc1C(=O)c1ccccc1. The molecule has 0 aliphatic carbocycles. The van der Waals surface area contributed by atoms with Gasteiger partial charge < -0.3 is 20.8 Å². The number of anilines is 2. The molecule has 0 saturated carbocycles. The van der Waals surface area contributed by atoms with Crippen molar-refractivity contribution < 1.29 is 23.7 Å². The Balaban J connectivity index is 1.50. The van der Waals surface area contributed by atoms with Crippen molar-refractivity contribution in [2.75, 3.05) is 10.6 Å². The second kappa shape index (κ2) is 13.3. The zero-order valence-electron chi connectivity index (χ0n) is 23.1. The molecule has 1 atom stereocenters. The quantitative estimate of drug-likeness (QED) is 0.0863. The number of nitrogens with one attached hydrogen (secondary N) is 2. The van der Waals surface area contributed by atoms with Gasteiger partial charge in [-0.05, 0) is 60.9 Å². The topological polar surface area (TPSA) is 158 Å². The molecule has 0 aliphatic heterocycles. The summed E-state index contributed by atoms with van der Waals surface area (Å²) in [6, 6.07) is 21.8. The summed E-state index contributed by atoms with van der Waals surface area (Å²) < 4.78 is 5.73. The summed E-state index contributed by atoms with van der Waals surface area (Å²) in [6.07, 6.45) is 3.24. The minimum Gasteiger partial charge on any atom is -0.457 e. The molecule has 4 rings (SSSR count). The largest absolute Gasteiger partial charge is 0.457 e. The van der Waals surface area contributed by atoms with E-state index in [4.69, 9.17) is 10.2 Å². The van der Waals surface area contributed by atoms with Crippen molar-refractivity contribution in [3.8, 4) is 11.3 Å². The fraction of sp³-hybridized carbons (Fsp3) is 0.156. The predicted octanol–water partition coefficient (Wildman–Crippen LogP) is 6.05. The highest BCUT2D eigenvalue weighted by Crippen LogP contribution is 2.26. The van der Waals surface area contributed by atoms with Crippen LogP contribution in [-0.4, -0.2) is 28.6 Å². The first-order chi connectivity index (χ1) is 20.1. The number of nitrogens with zero attached hydrogens (tertiary/aromatic N) is 1. The number of benzene rings is 3. The first kappa shape index (κ1) is 29.6. The number of carbonyl (C=O) groups excluding carboxylic acids is 3. The molecule has 2 amide bonds. The molecule has 42 heavy (non-hydrogen) atoms. The van der Waals surface area contributed by atoms with Gasteiger partial charge in [0.15, 0.2) is 5.78 Å². The van der Waals surface area contributed by atoms with Gasteiger partial charge in [0.05, 0.1) is 16.7 Å². The maximum absolute atomic E-state index is 13.4. The highest BCUT2D eigenvalue weighted by Gasteiger charge is 2.20. The van der Waals surface area contributed by atoms with Gasteiger partial charge in [0.2, 0.25) is 11.8 Å². The van der Waals surface area contributed by atoms with Crippen LogP contribution in [0.3, 0.4) is 0 Å². The van der Waals surface area contributed by atoms with Gasteiger partial charge >= 0.3 is 0 Å². The van der Waals surface area contributed by atoms with E-state index in [2.05, 4.69) is 10.6 Å². The van der Waals surface area contributed by atoms with E-state index in [9.17, 15) is 24.5 Å². The van der Waals surface area contributed by atoms with E-state index >= 15 is 0 Å². The average molecular weight is 567 g/mol. The van der Waals surface area contributed by atoms with Crippen molar-refractivity contribution in [1.29, 1.82) is 0 Å². The third kappa shape index (κ3) is 7.64. The first-order valence-electron chi connectivity index (χ1n) is 13.2. The normalized spacial score (nSPS) is 11.8. The predicted molar refractivity (Wildman–Crippen MR) is 161 cm³/mol. The Kier molecular flexibility index (Phi) is 9.41. The number of nitrogens with two attached hydrogens (primary N) is 1. The molecule has 0 spiro atoms. The Morgan fingerprint density at radius 3 is 2.33 bits per heavy atom. The van der Waals surface area contributed by atoms with Crippen LogP contribution >= 0.6 is 0 Å². The molecule has 3 aromatic carbocycles. The molecule has 10 heteroatoms. The standard InChI is InChI=1S/C32H30N4O6/c1-20(2)18-27(33)32(39)35-28-15-10-23(19-26(28)31(38)22-6-4-3-5-7-22)34-30(37)17-14-25-13-16-29(42-25)21-8-11-24(12-9-21)36(40)41/h3-17,19-20,27H,18,33H2,1-2H3,(H,34,37)(H,35,39)/b17-14+/t27-/m1/s1. The van der Waals surface area contributed by atoms with E-state index in [-0.39, 0.29) is 28.6 Å². The van der Waals surface area contributed by atoms with Crippen LogP contribution in [0.4, 0.5) is 17.1 Å². The highest BCUT2D eigenvalue weighted by atomic mass is 16.6. The van der Waals surface area contributed by atoms with Crippen LogP contribution in [0.25, 0.3) is 17.4 Å². The number of nitro groups is 1. The summed E-state index contributed by atoms with van der Waals surface area (Å²) in [5, 5.41) is 16.3. The third-order valence-corrected chi connectivity index (χ3v) is 6.28. The van der Waals surface area contributed by atoms with Crippen molar-refractivity contribution in [2.45, 2.75) is 26.3 Å². The molecule has 214 valence electrons. The summed E-state index contributed by atoms with van der Waals surface area (Å²) >= 11 is 0. The molecule has 0 radical (unpaired) electrons. The molecule has 1 heterocycles. The van der Waals surface area contributed by atoms with E-state index in [0.29, 0.717) is 34.8 Å². The Bertz CT molecular complexity index is 1620. The molecule has 0 aliphatic rings. The number of hydrogen-bond donors (Lipinski definition) is 3. The van der Waals surface area contributed by atoms with Gasteiger partial charge in [-0.15, -0.1) is 0 Å². The van der Waals surface area contributed by atoms with Gasteiger partial charge in [0.1, 0.15) is 11.5 Å². The number of rotatable bonds is 11. The zero-order valence-corrected chi connectivity index (χ0v) is 23.1. The molecule has 0 unspecified atom stereocenters. The third-order valence-electron chi connectivity index (χ3n) is 6.28. The molecular formula is C32H30N4O6. The van der Waals surface area contributed by atoms with Crippen molar-refractivity contribution in [3.63, 3.8) is 0 Å². The summed E-state index contributed by atoms with van der Waals surface area (Å²) in [4.78, 5) is 49.2. The van der Waals surface area contributed by atoms with E-state index in [0.717, 1.165) is 0 Å². The number of carbonyl (C=O) groups is 3. The summed E-state index contributed by atoms with van der Waals surface area (Å²) in [6.45, 7) is 3.93. The maximum Gasteiger partial charge on any atom is 0.269 e. The molecule has 4 aromatic rings. The summed E-state index contributed by atoms with van der Waals surface area (Å²) in [7, 11) is 0. The minimum absolute atomic E-state index is 0.0270. The second-order valence-electron chi connectivity index (χ2n) is 10.0. The van der Waals surface area contributed by atoms with Gasteiger partial charge in [-0.25, -0.2) is 0 Å². The van der Waals surface area contributed by atoms with Crippen molar-refractivity contribution in [3.05, 3.63) is 118 Å². The van der Waals surface area contributed by atoms with Gasteiger partial charge in [0, 0.05) is 40.6 Å². The maximum atomic E-state index is 13.4. The van der Waals surface area contributed by atoms with Gasteiger partial charge in [-0.2, -0.15) is 0 Å². The number of hydrogen-bond acceptors (Lipinski definition) is 7. The number of nitro benzene ring substituents is 1. The molecule has 0 fully saturated rings. The number of ketones is 1. The Morgan fingerprint density at radius 1 is 0.952 bits per heavy atom. The lowest BCUT2D eigenvalue weighted by Crippen LogP contribution is -2.37. The second-order valence-corrected chi connectivity index (χ2v) is 10.0. The molecule has 1 aromatic heterocycles. The zero-order chi connectivity index (χ0) is 30.2. The lowest BCUT2D eigenvalue weighted by atomic mass is 10.00. The van der Waals surface area contributed by atoms with Crippen LogP contribution in [0.5, 0.6) is 0 Å². The first-order valence-corrected chi connectivity index (χ1v) is 13.2. The van der Waals surface area contributed by atoms with Crippen molar-refractivity contribution in [2.24, 2.45) is 11.7 Å². The molecule has 0 saturated heterocycles. The smallest absolute Gasteiger partial charge is 0.269 e. The Morgan fingerprint density at radius 2 is 1.67 bits per heavy atom. The fourth-order valence-corrected chi connectivity index (χ4v) is 4.19. The van der Waals surface area contributed by atoms with Crippen LogP contribution in [0, 0.1) is 16.0 Å². The van der Waals surface area contributed by atoms with Gasteiger partial charge in [-0.3, -0.25) is 24.5 Å². The van der Waals surface area contributed by atoms with Crippen molar-refractivity contribution in [1.82, 2.24) is 0 Å². The highest BCUT2D eigenvalue weighted by molar-refractivity contribution is 6.15. The van der Waals surface area contributed by atoms with Crippen LogP contribution in [0.1, 0.15) is 41.9 Å². The Labute approximate surface area is 242 Å². The van der Waals surface area contributed by atoms with Crippen LogP contribution in [0.2, 0.25) is 0 Å². The van der Waals surface area contributed by atoms with E-state index < -0.39 is 22.8 Å². The lowest BCUT2D eigenvalue weighted by Gasteiger charge is -2.17.